The Balaban J connectivity index is 1.86. The number of carbonyl (C=O) groups excluding carboxylic acids is 2. The summed E-state index contributed by atoms with van der Waals surface area (Å²) < 4.78 is 0. The van der Waals surface area contributed by atoms with Crippen LogP contribution in [0.1, 0.15) is 26.2 Å². The Morgan fingerprint density at radius 2 is 2.13 bits per heavy atom. The van der Waals surface area contributed by atoms with Crippen LogP contribution in [-0.2, 0) is 9.59 Å². The minimum absolute atomic E-state index is 0.0262. The predicted molar refractivity (Wildman–Crippen MR) is 89.7 cm³/mol. The lowest BCUT2D eigenvalue weighted by atomic mass is 9.79. The van der Waals surface area contributed by atoms with Crippen LogP contribution in [0.15, 0.2) is 29.2 Å². The summed E-state index contributed by atoms with van der Waals surface area (Å²) in [4.78, 5) is 38.3. The summed E-state index contributed by atoms with van der Waals surface area (Å²) in [6.07, 6.45) is 3.01. The van der Waals surface area contributed by atoms with E-state index in [1.54, 1.807) is 24.4 Å². The van der Waals surface area contributed by atoms with Crippen LogP contribution in [0.2, 0.25) is 5.02 Å². The van der Waals surface area contributed by atoms with Gasteiger partial charge in [0.1, 0.15) is 5.78 Å². The molecule has 23 heavy (non-hydrogen) atoms. The number of rotatable bonds is 2. The first kappa shape index (κ1) is 15.7. The number of hydrogen-bond acceptors (Lipinski definition) is 3. The zero-order chi connectivity index (χ0) is 16.6. The molecule has 3 rings (SSSR count). The van der Waals surface area contributed by atoms with Gasteiger partial charge in [-0.15, -0.1) is 0 Å². The molecule has 1 amide bonds. The molecule has 2 N–H and O–H groups in total. The van der Waals surface area contributed by atoms with E-state index >= 15 is 0 Å². The van der Waals surface area contributed by atoms with Crippen molar-refractivity contribution < 1.29 is 9.59 Å². The molecule has 5 nitrogen and oxygen atoms in total. The van der Waals surface area contributed by atoms with Gasteiger partial charge in [0.25, 0.3) is 5.56 Å². The molecule has 1 aliphatic carbocycles. The van der Waals surface area contributed by atoms with E-state index in [0.717, 1.165) is 0 Å². The third-order valence-electron chi connectivity index (χ3n) is 4.43. The summed E-state index contributed by atoms with van der Waals surface area (Å²) in [5.41, 5.74) is 0.264. The Bertz CT molecular complexity index is 843. The van der Waals surface area contributed by atoms with Crippen molar-refractivity contribution >= 4 is 39.8 Å². The van der Waals surface area contributed by atoms with Crippen molar-refractivity contribution in [1.29, 1.82) is 0 Å². The van der Waals surface area contributed by atoms with Crippen LogP contribution in [0.4, 0.5) is 5.69 Å². The van der Waals surface area contributed by atoms with E-state index in [-0.39, 0.29) is 29.1 Å². The lowest BCUT2D eigenvalue weighted by Gasteiger charge is -2.27. The Kier molecular flexibility index (Phi) is 4.22. The summed E-state index contributed by atoms with van der Waals surface area (Å²) in [7, 11) is 0. The van der Waals surface area contributed by atoms with Crippen molar-refractivity contribution in [3.8, 4) is 0 Å². The van der Waals surface area contributed by atoms with Gasteiger partial charge >= 0.3 is 0 Å². The average molecular weight is 333 g/mol. The highest BCUT2D eigenvalue weighted by Crippen LogP contribution is 2.31. The van der Waals surface area contributed by atoms with Gasteiger partial charge in [-0.05, 0) is 35.9 Å². The quantitative estimate of drug-likeness (QED) is 0.886. The molecule has 1 heterocycles. The van der Waals surface area contributed by atoms with Crippen molar-refractivity contribution in [2.75, 3.05) is 5.32 Å². The van der Waals surface area contributed by atoms with Gasteiger partial charge in [0.2, 0.25) is 5.91 Å². The second-order valence-electron chi connectivity index (χ2n) is 6.08. The normalized spacial score (nSPS) is 21.4. The van der Waals surface area contributed by atoms with Gasteiger partial charge in [-0.3, -0.25) is 14.4 Å². The molecule has 0 unspecified atom stereocenters. The first-order chi connectivity index (χ1) is 11.0. The summed E-state index contributed by atoms with van der Waals surface area (Å²) in [5.74, 6) is -0.0856. The lowest BCUT2D eigenvalue weighted by molar-refractivity contribution is -0.127. The number of Topliss-reactive ketones (excluding diaryl/α,β-unsaturated/α-hetero) is 1. The Hall–Kier alpha value is -2.14. The van der Waals surface area contributed by atoms with Crippen LogP contribution >= 0.6 is 11.6 Å². The van der Waals surface area contributed by atoms with Crippen molar-refractivity contribution in [2.24, 2.45) is 11.8 Å². The van der Waals surface area contributed by atoms with Gasteiger partial charge in [0, 0.05) is 30.3 Å². The number of pyridine rings is 1. The van der Waals surface area contributed by atoms with Crippen molar-refractivity contribution in [2.45, 2.75) is 26.2 Å². The number of amides is 1. The molecular weight excluding hydrogens is 316 g/mol. The molecule has 2 atom stereocenters. The van der Waals surface area contributed by atoms with Gasteiger partial charge in [0.05, 0.1) is 10.7 Å². The molecule has 0 saturated heterocycles. The fourth-order valence-corrected chi connectivity index (χ4v) is 3.34. The first-order valence-corrected chi connectivity index (χ1v) is 7.97. The van der Waals surface area contributed by atoms with Crippen LogP contribution < -0.4 is 10.9 Å². The molecule has 0 radical (unpaired) electrons. The largest absolute Gasteiger partial charge is 0.329 e. The SMILES string of the molecule is C[C@H]1CC(=O)CC[C@@H]1C(=O)Nc1cc2cc[nH]c(=O)c2cc1Cl. The fraction of sp³-hybridized carbons (Fsp3) is 0.353. The van der Waals surface area contributed by atoms with Gasteiger partial charge in [-0.1, -0.05) is 18.5 Å². The predicted octanol–water partition coefficient (Wildman–Crippen LogP) is 3.13. The van der Waals surface area contributed by atoms with E-state index in [4.69, 9.17) is 11.6 Å². The lowest BCUT2D eigenvalue weighted by Crippen LogP contribution is -2.33. The molecule has 6 heteroatoms. The molecule has 120 valence electrons. The number of benzene rings is 1. The highest BCUT2D eigenvalue weighted by Gasteiger charge is 2.31. The van der Waals surface area contributed by atoms with Gasteiger partial charge in [0.15, 0.2) is 0 Å². The molecule has 0 bridgehead atoms. The highest BCUT2D eigenvalue weighted by molar-refractivity contribution is 6.34. The molecule has 2 aromatic rings. The highest BCUT2D eigenvalue weighted by atomic mass is 35.5. The van der Waals surface area contributed by atoms with Crippen molar-refractivity contribution in [3.05, 3.63) is 39.8 Å². The maximum Gasteiger partial charge on any atom is 0.255 e. The van der Waals surface area contributed by atoms with Crippen molar-refractivity contribution in [3.63, 3.8) is 0 Å². The monoisotopic (exact) mass is 332 g/mol. The Morgan fingerprint density at radius 3 is 2.87 bits per heavy atom. The summed E-state index contributed by atoms with van der Waals surface area (Å²) in [6, 6.07) is 5.01. The number of aromatic nitrogens is 1. The molecule has 1 aromatic carbocycles. The molecule has 1 aromatic heterocycles. The van der Waals surface area contributed by atoms with Crippen LogP contribution in [0.5, 0.6) is 0 Å². The zero-order valence-electron chi connectivity index (χ0n) is 12.7. The first-order valence-electron chi connectivity index (χ1n) is 7.59. The minimum Gasteiger partial charge on any atom is -0.329 e. The number of hydrogen-bond donors (Lipinski definition) is 2. The molecule has 0 spiro atoms. The maximum atomic E-state index is 12.5. The van der Waals surface area contributed by atoms with Crippen LogP contribution in [0, 0.1) is 11.8 Å². The van der Waals surface area contributed by atoms with Gasteiger partial charge in [-0.25, -0.2) is 0 Å². The van der Waals surface area contributed by atoms with Gasteiger partial charge in [-0.2, -0.15) is 0 Å². The molecule has 1 aliphatic rings. The number of anilines is 1. The van der Waals surface area contributed by atoms with E-state index in [1.165, 1.54) is 0 Å². The van der Waals surface area contributed by atoms with Crippen LogP contribution in [0.25, 0.3) is 10.8 Å². The second kappa shape index (κ2) is 6.16. The standard InChI is InChI=1S/C17H17ClN2O3/c1-9-6-11(21)2-3-12(9)17(23)20-15-7-10-4-5-19-16(22)13(10)8-14(15)18/h4-5,7-9,12H,2-3,6H2,1H3,(H,19,22)(H,20,23)/t9-,12-/m0/s1. The van der Waals surface area contributed by atoms with E-state index in [0.29, 0.717) is 40.7 Å². The Morgan fingerprint density at radius 1 is 1.35 bits per heavy atom. The fourth-order valence-electron chi connectivity index (χ4n) is 3.12. The van der Waals surface area contributed by atoms with Crippen LogP contribution in [0.3, 0.4) is 0 Å². The van der Waals surface area contributed by atoms with Gasteiger partial charge < -0.3 is 10.3 Å². The summed E-state index contributed by atoms with van der Waals surface area (Å²) >= 11 is 6.20. The van der Waals surface area contributed by atoms with Crippen molar-refractivity contribution in [1.82, 2.24) is 4.98 Å². The molecular formula is C17H17ClN2O3. The summed E-state index contributed by atoms with van der Waals surface area (Å²) in [6.45, 7) is 1.92. The van der Waals surface area contributed by atoms with Crippen LogP contribution in [-0.4, -0.2) is 16.7 Å². The number of aromatic amines is 1. The average Bonchev–Trinajstić information content (AvgIpc) is 2.49. The number of carbonyl (C=O) groups is 2. The molecule has 0 aliphatic heterocycles. The number of halogens is 1. The summed E-state index contributed by atoms with van der Waals surface area (Å²) in [5, 5.41) is 4.35. The topological polar surface area (TPSA) is 79.0 Å². The van der Waals surface area contributed by atoms with E-state index < -0.39 is 0 Å². The maximum absolute atomic E-state index is 12.5. The Labute approximate surface area is 138 Å². The van der Waals surface area contributed by atoms with E-state index in [9.17, 15) is 14.4 Å². The number of H-pyrrole nitrogens is 1. The van der Waals surface area contributed by atoms with E-state index in [2.05, 4.69) is 10.3 Å². The number of ketones is 1. The van der Waals surface area contributed by atoms with E-state index in [1.807, 2.05) is 6.92 Å². The molecule has 1 saturated carbocycles. The smallest absolute Gasteiger partial charge is 0.255 e. The molecule has 1 fully saturated rings. The third-order valence-corrected chi connectivity index (χ3v) is 4.74. The zero-order valence-corrected chi connectivity index (χ0v) is 13.4. The second-order valence-corrected chi connectivity index (χ2v) is 6.49. The third kappa shape index (κ3) is 3.15. The minimum atomic E-state index is -0.221. The number of nitrogens with one attached hydrogen (secondary N) is 2. The number of fused-ring (bicyclic) bond motifs is 1.